The van der Waals surface area contributed by atoms with E-state index in [1.54, 1.807) is 7.05 Å². The zero-order chi connectivity index (χ0) is 34.4. The molecule has 6 N–H and O–H groups in total. The molecule has 14 heteroatoms. The van der Waals surface area contributed by atoms with E-state index in [0.29, 0.717) is 42.3 Å². The topological polar surface area (TPSA) is 189 Å². The van der Waals surface area contributed by atoms with Crippen molar-refractivity contribution < 1.29 is 36.7 Å². The Hall–Kier alpha value is -2.74. The third kappa shape index (κ3) is 9.65. The fourth-order valence-electron chi connectivity index (χ4n) is 6.87. The minimum absolute atomic E-state index is 0.0243. The number of unbranched alkanes of at least 4 members (excludes halogenated alkanes) is 1. The molecule has 2 aliphatic carbocycles. The van der Waals surface area contributed by atoms with Gasteiger partial charge in [0, 0.05) is 12.5 Å². The van der Waals surface area contributed by atoms with Gasteiger partial charge in [0.15, 0.2) is 0 Å². The van der Waals surface area contributed by atoms with Crippen molar-refractivity contribution in [3.05, 3.63) is 0 Å². The lowest BCUT2D eigenvalue weighted by molar-refractivity contribution is -0.775. The van der Waals surface area contributed by atoms with Crippen molar-refractivity contribution in [1.82, 2.24) is 20.9 Å². The molecule has 13 nitrogen and oxygen atoms in total. The number of rotatable bonds is 15. The zero-order valence-electron chi connectivity index (χ0n) is 28.6. The highest BCUT2D eigenvalue weighted by atomic mass is 32.2. The third-order valence-electron chi connectivity index (χ3n) is 10.1. The first-order valence-corrected chi connectivity index (χ1v) is 18.7. The Bertz CT molecular complexity index is 1240. The van der Waals surface area contributed by atoms with Crippen molar-refractivity contribution in [2.45, 2.75) is 141 Å². The van der Waals surface area contributed by atoms with Gasteiger partial charge in [-0.3, -0.25) is 19.2 Å². The van der Waals surface area contributed by atoms with Crippen molar-refractivity contribution in [2.75, 3.05) is 19.3 Å². The van der Waals surface area contributed by atoms with Crippen molar-refractivity contribution in [1.29, 1.82) is 0 Å². The molecule has 1 aliphatic heterocycles. The van der Waals surface area contributed by atoms with Gasteiger partial charge in [0.05, 0.1) is 18.6 Å². The fraction of sp³-hybridized carbons (Fsp3) is 0.844. The molecule has 0 spiro atoms. The maximum atomic E-state index is 14.0. The van der Waals surface area contributed by atoms with E-state index in [4.69, 9.17) is 5.73 Å². The molecule has 0 aromatic rings. The van der Waals surface area contributed by atoms with Crippen LogP contribution in [0.5, 0.6) is 0 Å². The number of nitrogens with zero attached hydrogens (tertiary/aromatic N) is 1. The first-order valence-electron chi connectivity index (χ1n) is 17.0. The van der Waals surface area contributed by atoms with Crippen LogP contribution >= 0.6 is 0 Å². The van der Waals surface area contributed by atoms with Crippen LogP contribution in [0.4, 0.5) is 4.79 Å². The monoisotopic (exact) mass is 669 g/mol. The van der Waals surface area contributed by atoms with Crippen LogP contribution in [0.1, 0.15) is 112 Å². The fourth-order valence-corrected chi connectivity index (χ4v) is 8.94. The van der Waals surface area contributed by atoms with Gasteiger partial charge in [-0.15, -0.1) is 0 Å². The molecule has 46 heavy (non-hydrogen) atoms. The van der Waals surface area contributed by atoms with Gasteiger partial charge >= 0.3 is 6.03 Å². The molecule has 5 unspecified atom stereocenters. The largest absolute Gasteiger partial charge is 0.363 e. The van der Waals surface area contributed by atoms with Gasteiger partial charge in [-0.05, 0) is 57.3 Å². The summed E-state index contributed by atoms with van der Waals surface area (Å²) < 4.78 is 27.6. The van der Waals surface area contributed by atoms with Gasteiger partial charge in [0.2, 0.25) is 17.6 Å². The van der Waals surface area contributed by atoms with Crippen molar-refractivity contribution in [3.63, 3.8) is 0 Å². The molecule has 0 radical (unpaired) electrons. The minimum Gasteiger partial charge on any atom is -0.363 e. The van der Waals surface area contributed by atoms with E-state index in [9.17, 15) is 32.4 Å². The number of urea groups is 1. The standard InChI is InChI=1S/C32H56N6O7S/c1-7-8-13-23(25(39)27(33)40)34-28(41)24-14-12-19-38(24)29(42)26(31(3,4)5)35-30(43)36-32(17-10-9-11-18-32)20-46(44,45)37(6)21(2)22-15-16-22/h21-24,26H,7-20H2,1-6H3,(H2,33,40)(H,34,41)(H2,35,36,43)/p+1. The Kier molecular flexibility index (Phi) is 12.7. The molecule has 0 bridgehead atoms. The molecule has 3 fully saturated rings. The van der Waals surface area contributed by atoms with Gasteiger partial charge in [0.1, 0.15) is 23.9 Å². The molecule has 5 amide bonds. The Morgan fingerprint density at radius 3 is 2.17 bits per heavy atom. The predicted molar refractivity (Wildman–Crippen MR) is 174 cm³/mol. The molecule has 3 rings (SSSR count). The second-order valence-corrected chi connectivity index (χ2v) is 17.0. The number of amides is 5. The number of likely N-dealkylation sites (tertiary alicyclic amines) is 1. The Morgan fingerprint density at radius 1 is 1.00 bits per heavy atom. The van der Waals surface area contributed by atoms with Crippen LogP contribution in [0, 0.1) is 11.3 Å². The van der Waals surface area contributed by atoms with Crippen LogP contribution in [-0.2, 0) is 29.2 Å². The molecule has 262 valence electrons. The minimum atomic E-state index is -3.60. The van der Waals surface area contributed by atoms with Crippen LogP contribution < -0.4 is 26.0 Å². The molecule has 5 atom stereocenters. The highest BCUT2D eigenvalue weighted by molar-refractivity contribution is 7.85. The van der Waals surface area contributed by atoms with Gasteiger partial charge in [-0.25, -0.2) is 9.10 Å². The SMILES string of the molecule is CCCCC(NC(=O)C1CCCN1C(=O)C(NC(=O)NC1(CS(=O)(=O)[NH+](C)C(C)C2CC2)CCCCC1)C(C)(C)C)C(=O)C(N)=O. The van der Waals surface area contributed by atoms with Gasteiger partial charge in [-0.2, -0.15) is 8.42 Å². The number of nitrogens with two attached hydrogens (primary N) is 1. The number of quaternary nitrogens is 1. The summed E-state index contributed by atoms with van der Waals surface area (Å²) in [4.78, 5) is 66.5. The number of carbonyl (C=O) groups is 5. The first-order chi connectivity index (χ1) is 21.4. The van der Waals surface area contributed by atoms with Crippen molar-refractivity contribution in [2.24, 2.45) is 17.1 Å². The zero-order valence-corrected chi connectivity index (χ0v) is 29.4. The normalized spacial score (nSPS) is 22.7. The Balaban J connectivity index is 1.76. The number of ketones is 1. The van der Waals surface area contributed by atoms with E-state index in [1.807, 2.05) is 34.6 Å². The first kappa shape index (κ1) is 37.7. The van der Waals surface area contributed by atoms with Gasteiger partial charge in [0.25, 0.3) is 15.9 Å². The number of primary amides is 1. The lowest BCUT2D eigenvalue weighted by Crippen LogP contribution is -3.15. The third-order valence-corrected chi connectivity index (χ3v) is 12.4. The lowest BCUT2D eigenvalue weighted by atomic mass is 9.83. The summed E-state index contributed by atoms with van der Waals surface area (Å²) in [5.41, 5.74) is 3.51. The number of Topliss-reactive ketones (excluding diaryl/α,β-unsaturated/α-hetero) is 1. The van der Waals surface area contributed by atoms with Crippen LogP contribution in [0.15, 0.2) is 0 Å². The van der Waals surface area contributed by atoms with Gasteiger partial charge in [-0.1, -0.05) is 59.8 Å². The molecule has 3 aliphatic rings. The smallest absolute Gasteiger partial charge is 0.315 e. The summed E-state index contributed by atoms with van der Waals surface area (Å²) in [6, 6.07) is -3.62. The van der Waals surface area contributed by atoms with E-state index in [0.717, 1.165) is 38.5 Å². The second-order valence-electron chi connectivity index (χ2n) is 14.9. The molecule has 1 heterocycles. The molecule has 1 saturated heterocycles. The van der Waals surface area contributed by atoms with E-state index in [1.165, 1.54) is 4.90 Å². The lowest BCUT2D eigenvalue weighted by Gasteiger charge is -2.40. The summed E-state index contributed by atoms with van der Waals surface area (Å²) in [7, 11) is -1.90. The number of hydrogen-bond acceptors (Lipinski definition) is 7. The summed E-state index contributed by atoms with van der Waals surface area (Å²) in [6.45, 7) is 9.60. The van der Waals surface area contributed by atoms with Crippen LogP contribution in [-0.4, -0.2) is 91.9 Å². The van der Waals surface area contributed by atoms with E-state index < -0.39 is 68.6 Å². The van der Waals surface area contributed by atoms with Crippen LogP contribution in [0.3, 0.4) is 0 Å². The number of nitrogens with one attached hydrogen (secondary N) is 4. The highest BCUT2D eigenvalue weighted by Gasteiger charge is 2.47. The summed E-state index contributed by atoms with van der Waals surface area (Å²) in [6.07, 6.45) is 8.16. The Labute approximate surface area is 274 Å². The number of carbonyl (C=O) groups excluding carboxylic acids is 5. The van der Waals surface area contributed by atoms with Gasteiger partial charge < -0.3 is 26.6 Å². The molecule has 2 saturated carbocycles. The molecule has 0 aromatic carbocycles. The highest BCUT2D eigenvalue weighted by Crippen LogP contribution is 2.33. The van der Waals surface area contributed by atoms with Crippen molar-refractivity contribution in [3.8, 4) is 0 Å². The molecular formula is C32H57N6O7S+. The average Bonchev–Trinajstić information content (AvgIpc) is 3.71. The maximum Gasteiger partial charge on any atom is 0.315 e. The molecule has 0 aromatic heterocycles. The number of sulfonamides is 1. The average molecular weight is 670 g/mol. The maximum absolute atomic E-state index is 14.0. The predicted octanol–water partition coefficient (Wildman–Crippen LogP) is 0.767. The van der Waals surface area contributed by atoms with Crippen LogP contribution in [0.25, 0.3) is 0 Å². The summed E-state index contributed by atoms with van der Waals surface area (Å²) in [5, 5.41) is 8.49. The quantitative estimate of drug-likeness (QED) is 0.159. The van der Waals surface area contributed by atoms with E-state index in [-0.39, 0.29) is 24.8 Å². The van der Waals surface area contributed by atoms with Crippen LogP contribution in [0.2, 0.25) is 0 Å². The van der Waals surface area contributed by atoms with E-state index >= 15 is 0 Å². The summed E-state index contributed by atoms with van der Waals surface area (Å²) in [5.74, 6) is -2.78. The molecular weight excluding hydrogens is 612 g/mol. The van der Waals surface area contributed by atoms with E-state index in [2.05, 4.69) is 16.0 Å². The Morgan fingerprint density at radius 2 is 1.63 bits per heavy atom. The number of hydrogen-bond donors (Lipinski definition) is 5. The van der Waals surface area contributed by atoms with Crippen molar-refractivity contribution >= 4 is 39.6 Å². The summed E-state index contributed by atoms with van der Waals surface area (Å²) >= 11 is 0. The second kappa shape index (κ2) is 15.4.